The Hall–Kier alpha value is -7.17. The first kappa shape index (κ1) is 30.6. The molecule has 0 radical (unpaired) electrons. The highest BCUT2D eigenvalue weighted by atomic mass is 16.3. The maximum atomic E-state index is 6.53. The van der Waals surface area contributed by atoms with Gasteiger partial charge < -0.3 is 4.42 Å². The standard InChI is InChI=1S/C49H31N3O/c1-3-12-32(13-4-1)33-24-30-38(31-25-33)48-50-47(37-15-5-2-6-16-37)51-49(52-48)42-21-11-23-44-46(42)45-41(20-10-22-43(45)53-44)36-28-26-35(27-29-36)40-19-9-17-34-14-7-8-18-39(34)40/h1-31H. The van der Waals surface area contributed by atoms with Crippen molar-refractivity contribution >= 4 is 32.7 Å². The lowest BCUT2D eigenvalue weighted by atomic mass is 9.94. The second kappa shape index (κ2) is 12.9. The summed E-state index contributed by atoms with van der Waals surface area (Å²) in [5.41, 5.74) is 11.2. The van der Waals surface area contributed by atoms with Crippen LogP contribution in [0.25, 0.3) is 100 Å². The molecule has 4 heteroatoms. The minimum Gasteiger partial charge on any atom is -0.456 e. The molecule has 0 bridgehead atoms. The van der Waals surface area contributed by atoms with Crippen molar-refractivity contribution in [3.05, 3.63) is 188 Å². The average molecular weight is 678 g/mol. The summed E-state index contributed by atoms with van der Waals surface area (Å²) in [5.74, 6) is 1.82. The summed E-state index contributed by atoms with van der Waals surface area (Å²) >= 11 is 0. The summed E-state index contributed by atoms with van der Waals surface area (Å²) in [5, 5.41) is 4.49. The normalized spacial score (nSPS) is 11.4. The highest BCUT2D eigenvalue weighted by Gasteiger charge is 2.20. The summed E-state index contributed by atoms with van der Waals surface area (Å²) < 4.78 is 6.53. The molecule has 0 aliphatic carbocycles. The number of furan rings is 1. The Morgan fingerprint density at radius 3 is 1.42 bits per heavy atom. The Balaban J connectivity index is 1.12. The fourth-order valence-electron chi connectivity index (χ4n) is 7.38. The lowest BCUT2D eigenvalue weighted by molar-refractivity contribution is 0.669. The van der Waals surface area contributed by atoms with E-state index >= 15 is 0 Å². The van der Waals surface area contributed by atoms with Gasteiger partial charge in [0.05, 0.1) is 0 Å². The van der Waals surface area contributed by atoms with Crippen LogP contribution in [0, 0.1) is 0 Å². The van der Waals surface area contributed by atoms with E-state index in [0.717, 1.165) is 60.9 Å². The minimum absolute atomic E-state index is 0.593. The van der Waals surface area contributed by atoms with E-state index in [9.17, 15) is 0 Å². The molecular formula is C49H31N3O. The van der Waals surface area contributed by atoms with E-state index in [4.69, 9.17) is 19.4 Å². The molecule has 4 nitrogen and oxygen atoms in total. The maximum Gasteiger partial charge on any atom is 0.164 e. The van der Waals surface area contributed by atoms with Crippen molar-refractivity contribution in [1.82, 2.24) is 15.0 Å². The SMILES string of the molecule is c1ccc(-c2ccc(-c3nc(-c4ccccc4)nc(-c4cccc5oc6cccc(-c7ccc(-c8cccc9ccccc89)cc7)c6c45)n3)cc2)cc1. The summed E-state index contributed by atoms with van der Waals surface area (Å²) in [7, 11) is 0. The van der Waals surface area contributed by atoms with Gasteiger partial charge in [-0.25, -0.2) is 15.0 Å². The second-order valence-electron chi connectivity index (χ2n) is 13.2. The number of nitrogens with zero attached hydrogens (tertiary/aromatic N) is 3. The van der Waals surface area contributed by atoms with Crippen molar-refractivity contribution in [3.8, 4) is 67.5 Å². The van der Waals surface area contributed by atoms with Crippen molar-refractivity contribution in [2.45, 2.75) is 0 Å². The molecule has 0 N–H and O–H groups in total. The predicted octanol–water partition coefficient (Wildman–Crippen LogP) is 12.9. The largest absolute Gasteiger partial charge is 0.456 e. The van der Waals surface area contributed by atoms with Gasteiger partial charge in [0, 0.05) is 27.5 Å². The van der Waals surface area contributed by atoms with Gasteiger partial charge in [-0.1, -0.05) is 176 Å². The fourth-order valence-corrected chi connectivity index (χ4v) is 7.38. The number of rotatable bonds is 6. The number of aromatic nitrogens is 3. The quantitative estimate of drug-likeness (QED) is 0.176. The van der Waals surface area contributed by atoms with E-state index in [2.05, 4.69) is 133 Å². The third kappa shape index (κ3) is 5.54. The third-order valence-corrected chi connectivity index (χ3v) is 9.98. The first-order valence-corrected chi connectivity index (χ1v) is 17.8. The molecule has 0 spiro atoms. The highest BCUT2D eigenvalue weighted by Crippen LogP contribution is 2.42. The topological polar surface area (TPSA) is 51.8 Å². The van der Waals surface area contributed by atoms with Gasteiger partial charge in [-0.05, 0) is 56.3 Å². The van der Waals surface area contributed by atoms with Gasteiger partial charge in [-0.3, -0.25) is 0 Å². The lowest BCUT2D eigenvalue weighted by Crippen LogP contribution is -2.00. The van der Waals surface area contributed by atoms with Crippen LogP contribution in [-0.4, -0.2) is 15.0 Å². The lowest BCUT2D eigenvalue weighted by Gasteiger charge is -2.11. The second-order valence-corrected chi connectivity index (χ2v) is 13.2. The van der Waals surface area contributed by atoms with Gasteiger partial charge in [-0.2, -0.15) is 0 Å². The zero-order valence-electron chi connectivity index (χ0n) is 28.6. The molecule has 0 aliphatic heterocycles. The van der Waals surface area contributed by atoms with Crippen LogP contribution < -0.4 is 0 Å². The fraction of sp³-hybridized carbons (Fsp3) is 0. The predicted molar refractivity (Wildman–Crippen MR) is 217 cm³/mol. The van der Waals surface area contributed by atoms with Gasteiger partial charge >= 0.3 is 0 Å². The van der Waals surface area contributed by atoms with Crippen LogP contribution in [0.5, 0.6) is 0 Å². The Kier molecular flexibility index (Phi) is 7.43. The van der Waals surface area contributed by atoms with Crippen LogP contribution in [0.4, 0.5) is 0 Å². The molecule has 0 fully saturated rings. The Morgan fingerprint density at radius 1 is 0.283 bits per heavy atom. The molecule has 10 aromatic rings. The minimum atomic E-state index is 0.593. The van der Waals surface area contributed by atoms with E-state index in [1.165, 1.54) is 21.9 Å². The molecule has 53 heavy (non-hydrogen) atoms. The number of fused-ring (bicyclic) bond motifs is 4. The molecule has 2 heterocycles. The molecule has 0 aliphatic rings. The highest BCUT2D eigenvalue weighted by molar-refractivity contribution is 6.17. The number of hydrogen-bond acceptors (Lipinski definition) is 4. The van der Waals surface area contributed by atoms with Gasteiger partial charge in [-0.15, -0.1) is 0 Å². The first-order chi connectivity index (χ1) is 26.3. The number of hydrogen-bond donors (Lipinski definition) is 0. The van der Waals surface area contributed by atoms with E-state index < -0.39 is 0 Å². The zero-order valence-corrected chi connectivity index (χ0v) is 28.6. The molecule has 0 unspecified atom stereocenters. The average Bonchev–Trinajstić information content (AvgIpc) is 3.63. The van der Waals surface area contributed by atoms with Crippen LogP contribution in [0.3, 0.4) is 0 Å². The Labute approximate surface area is 306 Å². The molecule has 248 valence electrons. The molecule has 0 amide bonds. The van der Waals surface area contributed by atoms with Crippen LogP contribution in [0.1, 0.15) is 0 Å². The first-order valence-electron chi connectivity index (χ1n) is 17.8. The van der Waals surface area contributed by atoms with Gasteiger partial charge in [0.15, 0.2) is 17.5 Å². The van der Waals surface area contributed by atoms with Crippen LogP contribution in [0.2, 0.25) is 0 Å². The van der Waals surface area contributed by atoms with E-state index in [0.29, 0.717) is 17.5 Å². The van der Waals surface area contributed by atoms with Gasteiger partial charge in [0.25, 0.3) is 0 Å². The molecule has 10 rings (SSSR count). The number of benzene rings is 8. The van der Waals surface area contributed by atoms with Crippen molar-refractivity contribution in [2.75, 3.05) is 0 Å². The zero-order chi connectivity index (χ0) is 35.1. The summed E-state index contributed by atoms with van der Waals surface area (Å²) in [4.78, 5) is 15.3. The van der Waals surface area contributed by atoms with Gasteiger partial charge in [0.2, 0.25) is 0 Å². The van der Waals surface area contributed by atoms with Crippen molar-refractivity contribution < 1.29 is 4.42 Å². The summed E-state index contributed by atoms with van der Waals surface area (Å²) in [6.45, 7) is 0. The monoisotopic (exact) mass is 677 g/mol. The van der Waals surface area contributed by atoms with Crippen molar-refractivity contribution in [2.24, 2.45) is 0 Å². The molecule has 0 saturated carbocycles. The Bertz CT molecular complexity index is 2910. The van der Waals surface area contributed by atoms with Crippen LogP contribution in [0.15, 0.2) is 192 Å². The molecular weight excluding hydrogens is 647 g/mol. The van der Waals surface area contributed by atoms with E-state index in [-0.39, 0.29) is 0 Å². The summed E-state index contributed by atoms with van der Waals surface area (Å²) in [6.07, 6.45) is 0. The third-order valence-electron chi connectivity index (χ3n) is 9.98. The van der Waals surface area contributed by atoms with E-state index in [1.807, 2.05) is 54.6 Å². The van der Waals surface area contributed by atoms with Crippen molar-refractivity contribution in [1.29, 1.82) is 0 Å². The summed E-state index contributed by atoms with van der Waals surface area (Å²) in [6, 6.07) is 65.2. The molecule has 0 saturated heterocycles. The van der Waals surface area contributed by atoms with Crippen LogP contribution >= 0.6 is 0 Å². The van der Waals surface area contributed by atoms with Crippen molar-refractivity contribution in [3.63, 3.8) is 0 Å². The maximum absolute atomic E-state index is 6.53. The van der Waals surface area contributed by atoms with Crippen LogP contribution in [-0.2, 0) is 0 Å². The van der Waals surface area contributed by atoms with E-state index in [1.54, 1.807) is 0 Å². The smallest absolute Gasteiger partial charge is 0.164 e. The van der Waals surface area contributed by atoms with Gasteiger partial charge in [0.1, 0.15) is 11.2 Å². The molecule has 0 atom stereocenters. The molecule has 2 aromatic heterocycles. The molecule has 8 aromatic carbocycles. The Morgan fingerprint density at radius 2 is 0.717 bits per heavy atom.